The van der Waals surface area contributed by atoms with Crippen LogP contribution in [0.25, 0.3) is 5.65 Å². The summed E-state index contributed by atoms with van der Waals surface area (Å²) in [7, 11) is 1.52. The second kappa shape index (κ2) is 3.80. The summed E-state index contributed by atoms with van der Waals surface area (Å²) in [5, 5.41) is 2.60. The first-order valence-corrected chi connectivity index (χ1v) is 4.78. The highest BCUT2D eigenvalue weighted by Crippen LogP contribution is 2.19. The molecule has 2 aromatic heterocycles. The van der Waals surface area contributed by atoms with Crippen molar-refractivity contribution in [1.82, 2.24) is 14.4 Å². The third kappa shape index (κ3) is 1.81. The zero-order valence-electron chi connectivity index (χ0n) is 9.31. The Morgan fingerprint density at radius 1 is 1.44 bits per heavy atom. The van der Waals surface area contributed by atoms with Crippen molar-refractivity contribution in [3.63, 3.8) is 0 Å². The van der Waals surface area contributed by atoms with E-state index in [2.05, 4.69) is 15.3 Å². The van der Waals surface area contributed by atoms with Crippen LogP contribution < -0.4 is 10.1 Å². The monoisotopic (exact) mass is 220 g/mol. The van der Waals surface area contributed by atoms with Gasteiger partial charge in [-0.2, -0.15) is 4.98 Å². The standard InChI is InChI=1S/C10H12N4O2/c1-6-4-14-5-8(12-7(2)15)13-10(16-3)9(14)11-6/h4-5H,1-3H3,(H,12,15). The molecule has 0 radical (unpaired) electrons. The van der Waals surface area contributed by atoms with Crippen molar-refractivity contribution in [1.29, 1.82) is 0 Å². The van der Waals surface area contributed by atoms with Crippen molar-refractivity contribution in [2.45, 2.75) is 13.8 Å². The maximum atomic E-state index is 10.9. The van der Waals surface area contributed by atoms with Gasteiger partial charge in [-0.15, -0.1) is 0 Å². The normalized spacial score (nSPS) is 10.4. The predicted octanol–water partition coefficient (Wildman–Crippen LogP) is 1.00. The number of hydrogen-bond donors (Lipinski definition) is 1. The number of ether oxygens (including phenoxy) is 1. The first-order chi connectivity index (χ1) is 7.60. The molecule has 0 saturated carbocycles. The summed E-state index contributed by atoms with van der Waals surface area (Å²) >= 11 is 0. The summed E-state index contributed by atoms with van der Waals surface area (Å²) in [6, 6.07) is 0. The Morgan fingerprint density at radius 2 is 2.19 bits per heavy atom. The van der Waals surface area contributed by atoms with Crippen molar-refractivity contribution < 1.29 is 9.53 Å². The zero-order valence-corrected chi connectivity index (χ0v) is 9.31. The number of methoxy groups -OCH3 is 1. The van der Waals surface area contributed by atoms with E-state index in [-0.39, 0.29) is 5.91 Å². The van der Waals surface area contributed by atoms with Crippen molar-refractivity contribution in [2.24, 2.45) is 0 Å². The Balaban J connectivity index is 2.57. The second-order valence-corrected chi connectivity index (χ2v) is 3.43. The molecule has 0 unspecified atom stereocenters. The first-order valence-electron chi connectivity index (χ1n) is 4.78. The highest BCUT2D eigenvalue weighted by molar-refractivity contribution is 5.87. The summed E-state index contributed by atoms with van der Waals surface area (Å²) in [5.41, 5.74) is 1.49. The van der Waals surface area contributed by atoms with Gasteiger partial charge in [0.05, 0.1) is 19.0 Å². The third-order valence-electron chi connectivity index (χ3n) is 2.02. The number of amides is 1. The van der Waals surface area contributed by atoms with Crippen LogP contribution in [0.15, 0.2) is 12.4 Å². The molecule has 0 aromatic carbocycles. The fourth-order valence-corrected chi connectivity index (χ4v) is 1.47. The molecule has 0 atom stereocenters. The fourth-order valence-electron chi connectivity index (χ4n) is 1.47. The van der Waals surface area contributed by atoms with E-state index in [1.54, 1.807) is 10.6 Å². The van der Waals surface area contributed by atoms with E-state index in [9.17, 15) is 4.79 Å². The second-order valence-electron chi connectivity index (χ2n) is 3.43. The molecule has 0 aliphatic carbocycles. The number of nitrogens with one attached hydrogen (secondary N) is 1. The van der Waals surface area contributed by atoms with Crippen molar-refractivity contribution in [2.75, 3.05) is 12.4 Å². The molecule has 2 aromatic rings. The molecule has 2 rings (SSSR count). The number of carbonyl (C=O) groups is 1. The smallest absolute Gasteiger partial charge is 0.260 e. The van der Waals surface area contributed by atoms with E-state index in [1.807, 2.05) is 13.1 Å². The zero-order chi connectivity index (χ0) is 11.7. The molecule has 84 valence electrons. The van der Waals surface area contributed by atoms with Gasteiger partial charge in [0.2, 0.25) is 11.6 Å². The predicted molar refractivity (Wildman–Crippen MR) is 58.6 cm³/mol. The van der Waals surface area contributed by atoms with Crippen LogP contribution in [0.4, 0.5) is 5.82 Å². The Hall–Kier alpha value is -2.11. The summed E-state index contributed by atoms with van der Waals surface area (Å²) in [6.07, 6.45) is 3.53. The van der Waals surface area contributed by atoms with Crippen LogP contribution >= 0.6 is 0 Å². The Kier molecular flexibility index (Phi) is 2.47. The van der Waals surface area contributed by atoms with Crippen LogP contribution in [0.3, 0.4) is 0 Å². The molecule has 6 nitrogen and oxygen atoms in total. The summed E-state index contributed by atoms with van der Waals surface area (Å²) in [5.74, 6) is 0.652. The highest BCUT2D eigenvalue weighted by atomic mass is 16.5. The maximum Gasteiger partial charge on any atom is 0.260 e. The van der Waals surface area contributed by atoms with Gasteiger partial charge in [0.15, 0.2) is 5.82 Å². The molecule has 0 saturated heterocycles. The quantitative estimate of drug-likeness (QED) is 0.819. The molecule has 6 heteroatoms. The minimum absolute atomic E-state index is 0.175. The number of nitrogens with zero attached hydrogens (tertiary/aromatic N) is 3. The van der Waals surface area contributed by atoms with Crippen LogP contribution in [0.5, 0.6) is 5.88 Å². The van der Waals surface area contributed by atoms with Crippen LogP contribution in [0.1, 0.15) is 12.6 Å². The van der Waals surface area contributed by atoms with E-state index in [4.69, 9.17) is 4.74 Å². The first kappa shape index (κ1) is 10.4. The van der Waals surface area contributed by atoms with Gasteiger partial charge in [-0.3, -0.25) is 9.20 Å². The van der Waals surface area contributed by atoms with Crippen molar-refractivity contribution in [3.05, 3.63) is 18.1 Å². The van der Waals surface area contributed by atoms with Crippen LogP contribution in [-0.4, -0.2) is 27.4 Å². The van der Waals surface area contributed by atoms with E-state index in [0.717, 1.165) is 5.69 Å². The number of aryl methyl sites for hydroxylation is 1. The molecule has 0 aliphatic rings. The van der Waals surface area contributed by atoms with E-state index in [0.29, 0.717) is 17.3 Å². The molecule has 2 heterocycles. The van der Waals surface area contributed by atoms with E-state index < -0.39 is 0 Å². The summed E-state index contributed by atoms with van der Waals surface area (Å²) < 4.78 is 6.89. The molecule has 1 amide bonds. The number of hydrogen-bond acceptors (Lipinski definition) is 4. The molecule has 0 spiro atoms. The summed E-state index contributed by atoms with van der Waals surface area (Å²) in [4.78, 5) is 19.3. The number of imidazole rings is 1. The lowest BCUT2D eigenvalue weighted by Gasteiger charge is -2.05. The molecular formula is C10H12N4O2. The topological polar surface area (TPSA) is 68.5 Å². The largest absolute Gasteiger partial charge is 0.478 e. The fraction of sp³-hybridized carbons (Fsp3) is 0.300. The molecule has 0 aliphatic heterocycles. The lowest BCUT2D eigenvalue weighted by atomic mass is 10.5. The lowest BCUT2D eigenvalue weighted by Crippen LogP contribution is -2.09. The Bertz CT molecular complexity index is 547. The van der Waals surface area contributed by atoms with Gasteiger partial charge < -0.3 is 10.1 Å². The third-order valence-corrected chi connectivity index (χ3v) is 2.02. The molecule has 0 fully saturated rings. The average Bonchev–Trinajstić information content (AvgIpc) is 2.56. The summed E-state index contributed by atoms with van der Waals surface area (Å²) in [6.45, 7) is 3.31. The lowest BCUT2D eigenvalue weighted by molar-refractivity contribution is -0.114. The molecule has 0 bridgehead atoms. The van der Waals surface area contributed by atoms with Gasteiger partial charge in [0.1, 0.15) is 0 Å². The highest BCUT2D eigenvalue weighted by Gasteiger charge is 2.09. The van der Waals surface area contributed by atoms with Gasteiger partial charge >= 0.3 is 0 Å². The van der Waals surface area contributed by atoms with E-state index in [1.165, 1.54) is 14.0 Å². The van der Waals surface area contributed by atoms with Crippen LogP contribution in [-0.2, 0) is 4.79 Å². The van der Waals surface area contributed by atoms with E-state index >= 15 is 0 Å². The van der Waals surface area contributed by atoms with Crippen molar-refractivity contribution in [3.8, 4) is 5.88 Å². The van der Waals surface area contributed by atoms with Gasteiger partial charge in [-0.1, -0.05) is 0 Å². The Labute approximate surface area is 92.3 Å². The molecule has 16 heavy (non-hydrogen) atoms. The van der Waals surface area contributed by atoms with Crippen LogP contribution in [0.2, 0.25) is 0 Å². The van der Waals surface area contributed by atoms with Gasteiger partial charge in [-0.05, 0) is 6.92 Å². The minimum Gasteiger partial charge on any atom is -0.478 e. The number of rotatable bonds is 2. The van der Waals surface area contributed by atoms with Gasteiger partial charge in [0, 0.05) is 13.1 Å². The molecular weight excluding hydrogens is 208 g/mol. The number of fused-ring (bicyclic) bond motifs is 1. The molecule has 1 N–H and O–H groups in total. The van der Waals surface area contributed by atoms with Crippen molar-refractivity contribution >= 4 is 17.4 Å². The van der Waals surface area contributed by atoms with Gasteiger partial charge in [0.25, 0.3) is 5.88 Å². The number of carbonyl (C=O) groups excluding carboxylic acids is 1. The number of anilines is 1. The SMILES string of the molecule is COc1nc(NC(C)=O)cn2cc(C)nc12. The maximum absolute atomic E-state index is 10.9. The number of aromatic nitrogens is 3. The van der Waals surface area contributed by atoms with Gasteiger partial charge in [-0.25, -0.2) is 4.98 Å². The average molecular weight is 220 g/mol. The minimum atomic E-state index is -0.175. The van der Waals surface area contributed by atoms with Crippen LogP contribution in [0, 0.1) is 6.92 Å². The Morgan fingerprint density at radius 3 is 2.81 bits per heavy atom.